The summed E-state index contributed by atoms with van der Waals surface area (Å²) in [5.74, 6) is 0. The summed E-state index contributed by atoms with van der Waals surface area (Å²) in [5.41, 5.74) is 0.0877. The van der Waals surface area contributed by atoms with E-state index in [4.69, 9.17) is 0 Å². The summed E-state index contributed by atoms with van der Waals surface area (Å²) in [6, 6.07) is 1.29. The van der Waals surface area contributed by atoms with Gasteiger partial charge in [0.25, 0.3) is 0 Å². The molecule has 2 unspecified atom stereocenters. The molecule has 1 fully saturated rings. The highest BCUT2D eigenvalue weighted by Crippen LogP contribution is 2.25. The van der Waals surface area contributed by atoms with Gasteiger partial charge in [0.05, 0.1) is 0 Å². The van der Waals surface area contributed by atoms with E-state index in [1.165, 1.54) is 6.42 Å². The molecule has 2 atom stereocenters. The largest absolute Gasteiger partial charge is 0.396 e. The van der Waals surface area contributed by atoms with E-state index in [0.717, 1.165) is 25.9 Å². The third-order valence-electron chi connectivity index (χ3n) is 4.49. The second-order valence-corrected chi connectivity index (χ2v) is 5.47. The monoisotopic (exact) mass is 228 g/mol. The zero-order chi connectivity index (χ0) is 12.2. The minimum absolute atomic E-state index is 0.0877. The molecule has 0 spiro atoms. The van der Waals surface area contributed by atoms with Gasteiger partial charge in [0, 0.05) is 37.2 Å². The molecular formula is C13H28N2O. The number of hydrogen-bond donors (Lipinski definition) is 2. The van der Waals surface area contributed by atoms with Crippen LogP contribution in [0.5, 0.6) is 0 Å². The van der Waals surface area contributed by atoms with E-state index in [9.17, 15) is 5.11 Å². The molecule has 0 radical (unpaired) electrons. The Labute approximate surface area is 100 Å². The van der Waals surface area contributed by atoms with E-state index in [2.05, 4.69) is 38.0 Å². The van der Waals surface area contributed by atoms with Gasteiger partial charge in [0.15, 0.2) is 0 Å². The number of aliphatic hydroxyl groups excluding tert-OH is 1. The van der Waals surface area contributed by atoms with Crippen LogP contribution in [0.2, 0.25) is 0 Å². The fourth-order valence-electron chi connectivity index (χ4n) is 2.48. The zero-order valence-electron chi connectivity index (χ0n) is 11.3. The lowest BCUT2D eigenvalue weighted by Crippen LogP contribution is -2.42. The average Bonchev–Trinajstić information content (AvgIpc) is 2.61. The number of likely N-dealkylation sites (tertiary alicyclic amines) is 1. The number of nitrogens with one attached hydrogen (secondary N) is 1. The second kappa shape index (κ2) is 5.99. The summed E-state index contributed by atoms with van der Waals surface area (Å²) in [4.78, 5) is 2.40. The Morgan fingerprint density at radius 3 is 2.38 bits per heavy atom. The van der Waals surface area contributed by atoms with Crippen molar-refractivity contribution >= 4 is 0 Å². The quantitative estimate of drug-likeness (QED) is 0.722. The summed E-state index contributed by atoms with van der Waals surface area (Å²) in [7, 11) is 2.19. The maximum atomic E-state index is 9.50. The predicted octanol–water partition coefficient (Wildman–Crippen LogP) is 1.47. The average molecular weight is 228 g/mol. The molecule has 0 amide bonds. The first-order valence-electron chi connectivity index (χ1n) is 6.61. The van der Waals surface area contributed by atoms with Gasteiger partial charge in [-0.2, -0.15) is 0 Å². The molecule has 1 aliphatic rings. The van der Waals surface area contributed by atoms with E-state index < -0.39 is 0 Å². The Balaban J connectivity index is 2.39. The van der Waals surface area contributed by atoms with Gasteiger partial charge in [-0.25, -0.2) is 0 Å². The Bertz CT molecular complexity index is 186. The van der Waals surface area contributed by atoms with Gasteiger partial charge in [-0.15, -0.1) is 0 Å². The van der Waals surface area contributed by atoms with E-state index >= 15 is 0 Å². The van der Waals surface area contributed by atoms with Crippen LogP contribution in [-0.2, 0) is 0 Å². The minimum atomic E-state index is 0.0877. The van der Waals surface area contributed by atoms with Crippen LogP contribution < -0.4 is 5.32 Å². The maximum absolute atomic E-state index is 9.50. The Kier molecular flexibility index (Phi) is 5.22. The zero-order valence-corrected chi connectivity index (χ0v) is 11.3. The molecule has 96 valence electrons. The normalized spacial score (nSPS) is 27.6. The van der Waals surface area contributed by atoms with E-state index in [1.54, 1.807) is 0 Å². The van der Waals surface area contributed by atoms with Crippen LogP contribution in [0, 0.1) is 5.41 Å². The predicted molar refractivity (Wildman–Crippen MR) is 68.6 cm³/mol. The molecule has 0 aromatic carbocycles. The van der Waals surface area contributed by atoms with Crippen molar-refractivity contribution in [3.05, 3.63) is 0 Å². The molecule has 16 heavy (non-hydrogen) atoms. The van der Waals surface area contributed by atoms with E-state index in [1.807, 2.05) is 0 Å². The van der Waals surface area contributed by atoms with Crippen LogP contribution >= 0.6 is 0 Å². The van der Waals surface area contributed by atoms with E-state index in [-0.39, 0.29) is 5.41 Å². The third-order valence-corrected chi connectivity index (χ3v) is 4.49. The van der Waals surface area contributed by atoms with Crippen molar-refractivity contribution in [1.82, 2.24) is 10.2 Å². The van der Waals surface area contributed by atoms with Crippen molar-refractivity contribution < 1.29 is 5.11 Å². The molecule has 0 aliphatic carbocycles. The smallest absolute Gasteiger partial charge is 0.0499 e. The van der Waals surface area contributed by atoms with Crippen LogP contribution in [0.15, 0.2) is 0 Å². The van der Waals surface area contributed by atoms with Crippen molar-refractivity contribution in [2.24, 2.45) is 5.41 Å². The van der Waals surface area contributed by atoms with Crippen LogP contribution in [0.1, 0.15) is 40.0 Å². The third kappa shape index (κ3) is 3.19. The van der Waals surface area contributed by atoms with Crippen molar-refractivity contribution in [3.8, 4) is 0 Å². The number of aliphatic hydroxyl groups is 1. The lowest BCUT2D eigenvalue weighted by Gasteiger charge is -2.31. The van der Waals surface area contributed by atoms with Crippen LogP contribution in [0.3, 0.4) is 0 Å². The Morgan fingerprint density at radius 2 is 2.00 bits per heavy atom. The van der Waals surface area contributed by atoms with Crippen molar-refractivity contribution in [2.45, 2.75) is 52.1 Å². The van der Waals surface area contributed by atoms with E-state index in [0.29, 0.717) is 18.7 Å². The first-order valence-corrected chi connectivity index (χ1v) is 6.61. The van der Waals surface area contributed by atoms with Gasteiger partial charge < -0.3 is 15.3 Å². The van der Waals surface area contributed by atoms with Gasteiger partial charge in [-0.05, 0) is 33.2 Å². The number of rotatable bonds is 6. The second-order valence-electron chi connectivity index (χ2n) is 5.47. The molecule has 0 aromatic rings. The maximum Gasteiger partial charge on any atom is 0.0499 e. The molecule has 1 heterocycles. The summed E-state index contributed by atoms with van der Waals surface area (Å²) in [6.07, 6.45) is 3.32. The molecular weight excluding hydrogens is 200 g/mol. The lowest BCUT2D eigenvalue weighted by molar-refractivity contribution is 0.110. The molecule has 0 saturated carbocycles. The van der Waals surface area contributed by atoms with Gasteiger partial charge in [-0.1, -0.05) is 13.8 Å². The molecule has 0 aromatic heterocycles. The first kappa shape index (κ1) is 13.9. The SMILES string of the molecule is CCC(CC)(CO)CNC1CC(C)N(C)C1. The van der Waals surface area contributed by atoms with Crippen LogP contribution in [0.25, 0.3) is 0 Å². The highest BCUT2D eigenvalue weighted by Gasteiger charge is 2.30. The van der Waals surface area contributed by atoms with Crippen LogP contribution in [-0.4, -0.2) is 48.8 Å². The van der Waals surface area contributed by atoms with Crippen LogP contribution in [0.4, 0.5) is 0 Å². The highest BCUT2D eigenvalue weighted by molar-refractivity contribution is 4.88. The lowest BCUT2D eigenvalue weighted by atomic mass is 9.83. The standard InChI is InChI=1S/C13H28N2O/c1-5-13(6-2,10-16)9-14-12-7-11(3)15(4)8-12/h11-12,14,16H,5-10H2,1-4H3. The van der Waals surface area contributed by atoms with Crippen molar-refractivity contribution in [3.63, 3.8) is 0 Å². The fraction of sp³-hybridized carbons (Fsp3) is 1.00. The van der Waals surface area contributed by atoms with Gasteiger partial charge >= 0.3 is 0 Å². The van der Waals surface area contributed by atoms with Crippen molar-refractivity contribution in [1.29, 1.82) is 0 Å². The van der Waals surface area contributed by atoms with Gasteiger partial charge in [0.1, 0.15) is 0 Å². The summed E-state index contributed by atoms with van der Waals surface area (Å²) in [6.45, 7) is 9.00. The number of likely N-dealkylation sites (N-methyl/N-ethyl adjacent to an activating group) is 1. The Morgan fingerprint density at radius 1 is 1.38 bits per heavy atom. The Hall–Kier alpha value is -0.120. The minimum Gasteiger partial charge on any atom is -0.396 e. The van der Waals surface area contributed by atoms with Crippen molar-refractivity contribution in [2.75, 3.05) is 26.7 Å². The summed E-state index contributed by atoms with van der Waals surface area (Å²) < 4.78 is 0. The molecule has 3 nitrogen and oxygen atoms in total. The fourth-order valence-corrected chi connectivity index (χ4v) is 2.48. The summed E-state index contributed by atoms with van der Waals surface area (Å²) >= 11 is 0. The number of hydrogen-bond acceptors (Lipinski definition) is 3. The summed E-state index contributed by atoms with van der Waals surface area (Å²) in [5, 5.41) is 13.1. The topological polar surface area (TPSA) is 35.5 Å². The molecule has 1 saturated heterocycles. The molecule has 3 heteroatoms. The molecule has 2 N–H and O–H groups in total. The molecule has 0 bridgehead atoms. The molecule has 1 rings (SSSR count). The van der Waals surface area contributed by atoms with Gasteiger partial charge in [-0.3, -0.25) is 0 Å². The van der Waals surface area contributed by atoms with Gasteiger partial charge in [0.2, 0.25) is 0 Å². The first-order chi connectivity index (χ1) is 7.56. The number of nitrogens with zero attached hydrogens (tertiary/aromatic N) is 1. The highest BCUT2D eigenvalue weighted by atomic mass is 16.3. The molecule has 1 aliphatic heterocycles.